The molecule has 0 radical (unpaired) electrons. The number of fused-ring (bicyclic) bond motifs is 2. The quantitative estimate of drug-likeness (QED) is 0.495. The minimum atomic E-state index is -4.04. The molecule has 138 valence electrons. The van der Waals surface area contributed by atoms with Gasteiger partial charge >= 0.3 is 0 Å². The highest BCUT2D eigenvalue weighted by atomic mass is 32.2. The molecule has 0 saturated heterocycles. The van der Waals surface area contributed by atoms with E-state index in [1.165, 1.54) is 18.7 Å². The average molecular weight is 392 g/mol. The predicted molar refractivity (Wildman–Crippen MR) is 102 cm³/mol. The Labute approximate surface area is 158 Å². The third-order valence-electron chi connectivity index (χ3n) is 4.27. The summed E-state index contributed by atoms with van der Waals surface area (Å²) in [6.07, 6.45) is 4.21. The van der Waals surface area contributed by atoms with Crippen molar-refractivity contribution in [2.75, 3.05) is 5.73 Å². The van der Waals surface area contributed by atoms with Gasteiger partial charge in [-0.2, -0.15) is 4.98 Å². The van der Waals surface area contributed by atoms with Crippen molar-refractivity contribution in [2.45, 2.75) is 4.90 Å². The zero-order valence-corrected chi connectivity index (χ0v) is 15.0. The first-order valence-corrected chi connectivity index (χ1v) is 9.63. The van der Waals surface area contributed by atoms with Crippen molar-refractivity contribution in [3.8, 4) is 11.5 Å². The molecule has 4 heterocycles. The lowest BCUT2D eigenvalue weighted by molar-refractivity contribution is 0.580. The molecule has 5 aromatic rings. The van der Waals surface area contributed by atoms with Gasteiger partial charge in [-0.15, -0.1) is 0 Å². The SMILES string of the molecule is Nc1nc(-c2ccco2)c2ncn(S(=O)(=O)c3cccc4cccnc34)c2n1. The molecule has 28 heavy (non-hydrogen) atoms. The van der Waals surface area contributed by atoms with Crippen LogP contribution in [0, 0.1) is 0 Å². The molecule has 0 aliphatic heterocycles. The third-order valence-corrected chi connectivity index (χ3v) is 5.94. The molecule has 0 atom stereocenters. The van der Waals surface area contributed by atoms with Gasteiger partial charge < -0.3 is 10.2 Å². The molecule has 4 aromatic heterocycles. The van der Waals surface area contributed by atoms with Crippen LogP contribution in [-0.2, 0) is 10.0 Å². The number of pyridine rings is 1. The number of nitrogen functional groups attached to an aromatic ring is 1. The lowest BCUT2D eigenvalue weighted by atomic mass is 10.2. The molecule has 0 unspecified atom stereocenters. The summed E-state index contributed by atoms with van der Waals surface area (Å²) in [6.45, 7) is 0. The third kappa shape index (κ3) is 2.35. The number of furan rings is 1. The smallest absolute Gasteiger partial charge is 0.272 e. The molecule has 2 N–H and O–H groups in total. The van der Waals surface area contributed by atoms with Gasteiger partial charge in [0.05, 0.1) is 11.8 Å². The first-order valence-electron chi connectivity index (χ1n) is 8.19. The normalized spacial score (nSPS) is 12.0. The number of aromatic nitrogens is 5. The molecule has 0 bridgehead atoms. The number of nitrogens with two attached hydrogens (primary N) is 1. The molecule has 1 aromatic carbocycles. The Morgan fingerprint density at radius 3 is 2.64 bits per heavy atom. The van der Waals surface area contributed by atoms with Crippen LogP contribution in [0.5, 0.6) is 0 Å². The van der Waals surface area contributed by atoms with E-state index in [4.69, 9.17) is 10.2 Å². The van der Waals surface area contributed by atoms with Crippen LogP contribution >= 0.6 is 0 Å². The number of hydrogen-bond acceptors (Lipinski definition) is 8. The molecular formula is C18H12N6O3S. The minimum absolute atomic E-state index is 0.0432. The Morgan fingerprint density at radius 1 is 0.964 bits per heavy atom. The number of hydrogen-bond donors (Lipinski definition) is 1. The largest absolute Gasteiger partial charge is 0.463 e. The van der Waals surface area contributed by atoms with Crippen LogP contribution in [0.2, 0.25) is 0 Å². The number of anilines is 1. The highest BCUT2D eigenvalue weighted by Gasteiger charge is 2.26. The van der Waals surface area contributed by atoms with Crippen molar-refractivity contribution < 1.29 is 12.8 Å². The fourth-order valence-electron chi connectivity index (χ4n) is 3.05. The van der Waals surface area contributed by atoms with Gasteiger partial charge in [-0.25, -0.2) is 22.4 Å². The van der Waals surface area contributed by atoms with E-state index in [0.29, 0.717) is 22.4 Å². The molecule has 9 nitrogen and oxygen atoms in total. The second-order valence-corrected chi connectivity index (χ2v) is 7.74. The van der Waals surface area contributed by atoms with Gasteiger partial charge in [0.15, 0.2) is 11.4 Å². The monoisotopic (exact) mass is 392 g/mol. The maximum Gasteiger partial charge on any atom is 0.272 e. The van der Waals surface area contributed by atoms with Crippen LogP contribution in [0.4, 0.5) is 5.95 Å². The summed E-state index contributed by atoms with van der Waals surface area (Å²) in [6, 6.07) is 11.9. The van der Waals surface area contributed by atoms with Gasteiger partial charge in [0.2, 0.25) is 5.95 Å². The Morgan fingerprint density at radius 2 is 1.82 bits per heavy atom. The topological polar surface area (TPSA) is 130 Å². The molecule has 0 saturated carbocycles. The van der Waals surface area contributed by atoms with Gasteiger partial charge in [0.1, 0.15) is 22.4 Å². The van der Waals surface area contributed by atoms with Gasteiger partial charge in [-0.3, -0.25) is 4.98 Å². The van der Waals surface area contributed by atoms with E-state index in [-0.39, 0.29) is 22.0 Å². The van der Waals surface area contributed by atoms with Crippen LogP contribution in [-0.4, -0.2) is 32.3 Å². The second-order valence-electron chi connectivity index (χ2n) is 5.96. The number of benzene rings is 1. The second kappa shape index (κ2) is 5.86. The van der Waals surface area contributed by atoms with Gasteiger partial charge in [-0.05, 0) is 24.3 Å². The lowest BCUT2D eigenvalue weighted by Crippen LogP contribution is -2.14. The van der Waals surface area contributed by atoms with Crippen LogP contribution in [0.3, 0.4) is 0 Å². The minimum Gasteiger partial charge on any atom is -0.463 e. The summed E-state index contributed by atoms with van der Waals surface area (Å²) in [5.41, 5.74) is 6.82. The Bertz CT molecular complexity index is 1440. The lowest BCUT2D eigenvalue weighted by Gasteiger charge is -2.09. The maximum absolute atomic E-state index is 13.4. The predicted octanol–water partition coefficient (Wildman–Crippen LogP) is 2.45. The Balaban J connectivity index is 1.80. The van der Waals surface area contributed by atoms with Crippen LogP contribution in [0.25, 0.3) is 33.5 Å². The Kier molecular flexibility index (Phi) is 3.43. The highest BCUT2D eigenvalue weighted by Crippen LogP contribution is 2.29. The fraction of sp³-hybridized carbons (Fsp3) is 0. The summed E-state index contributed by atoms with van der Waals surface area (Å²) in [7, 11) is -4.04. The number of rotatable bonds is 3. The molecule has 0 amide bonds. The number of nitrogens with zero attached hydrogens (tertiary/aromatic N) is 5. The molecule has 10 heteroatoms. The molecule has 0 aliphatic rings. The first-order chi connectivity index (χ1) is 13.6. The molecule has 5 rings (SSSR count). The average Bonchev–Trinajstić information content (AvgIpc) is 3.37. The summed E-state index contributed by atoms with van der Waals surface area (Å²) in [5, 5.41) is 0.707. The molecule has 0 fully saturated rings. The van der Waals surface area contributed by atoms with Crippen LogP contribution in [0.1, 0.15) is 0 Å². The van der Waals surface area contributed by atoms with Gasteiger partial charge in [0, 0.05) is 11.6 Å². The maximum atomic E-state index is 13.4. The van der Waals surface area contributed by atoms with E-state index in [1.807, 2.05) is 0 Å². The van der Waals surface area contributed by atoms with Gasteiger partial charge in [0.25, 0.3) is 10.0 Å². The van der Waals surface area contributed by atoms with E-state index in [1.54, 1.807) is 42.6 Å². The van der Waals surface area contributed by atoms with E-state index >= 15 is 0 Å². The number of para-hydroxylation sites is 1. The summed E-state index contributed by atoms with van der Waals surface area (Å²) < 4.78 is 33.1. The zero-order chi connectivity index (χ0) is 19.3. The summed E-state index contributed by atoms with van der Waals surface area (Å²) in [4.78, 5) is 16.7. The summed E-state index contributed by atoms with van der Waals surface area (Å²) >= 11 is 0. The van der Waals surface area contributed by atoms with Crippen molar-refractivity contribution in [3.63, 3.8) is 0 Å². The van der Waals surface area contributed by atoms with Crippen LogP contribution < -0.4 is 5.73 Å². The van der Waals surface area contributed by atoms with E-state index in [9.17, 15) is 8.42 Å². The van der Waals surface area contributed by atoms with E-state index in [0.717, 1.165) is 3.97 Å². The highest BCUT2D eigenvalue weighted by molar-refractivity contribution is 7.90. The molecule has 0 aliphatic carbocycles. The van der Waals surface area contributed by atoms with E-state index in [2.05, 4.69) is 19.9 Å². The summed E-state index contributed by atoms with van der Waals surface area (Å²) in [5.74, 6) is 0.320. The first kappa shape index (κ1) is 16.4. The van der Waals surface area contributed by atoms with E-state index < -0.39 is 10.0 Å². The fourth-order valence-corrected chi connectivity index (χ4v) is 4.45. The van der Waals surface area contributed by atoms with Crippen molar-refractivity contribution in [1.29, 1.82) is 0 Å². The van der Waals surface area contributed by atoms with Crippen molar-refractivity contribution in [2.24, 2.45) is 0 Å². The standard InChI is InChI=1S/C18H12N6O3S/c19-18-22-15(12-6-3-9-27-12)16-17(23-18)24(10-21-16)28(25,26)13-7-1-4-11-5-2-8-20-14(11)13/h1-10H,(H2,19,22,23). The molecule has 0 spiro atoms. The van der Waals surface area contributed by atoms with Gasteiger partial charge in [-0.1, -0.05) is 18.2 Å². The van der Waals surface area contributed by atoms with Crippen molar-refractivity contribution in [1.82, 2.24) is 23.9 Å². The zero-order valence-electron chi connectivity index (χ0n) is 14.2. The van der Waals surface area contributed by atoms with Crippen LogP contribution in [0.15, 0.2) is 70.6 Å². The Hall–Kier alpha value is -3.79. The van der Waals surface area contributed by atoms with Crippen molar-refractivity contribution in [3.05, 3.63) is 61.3 Å². The molecular weight excluding hydrogens is 380 g/mol. The van der Waals surface area contributed by atoms with Crippen molar-refractivity contribution >= 4 is 38.0 Å². The number of imidazole rings is 1.